The van der Waals surface area contributed by atoms with E-state index in [1.165, 1.54) is 25.3 Å². The second-order valence-corrected chi connectivity index (χ2v) is 3.62. The van der Waals surface area contributed by atoms with Crippen molar-refractivity contribution in [3.63, 3.8) is 0 Å². The molecular formula is C10H11ClN2O4. The molecule has 0 saturated heterocycles. The molecule has 0 saturated carbocycles. The lowest BCUT2D eigenvalue weighted by molar-refractivity contribution is -0.384. The van der Waals surface area contributed by atoms with Gasteiger partial charge in [0, 0.05) is 23.7 Å². The number of hydrogen-bond acceptors (Lipinski definition) is 5. The van der Waals surface area contributed by atoms with E-state index in [9.17, 15) is 14.9 Å². The van der Waals surface area contributed by atoms with E-state index in [1.54, 1.807) is 0 Å². The molecule has 0 spiro atoms. The smallest absolute Gasteiger partial charge is 0.319 e. The first kappa shape index (κ1) is 13.4. The molecule has 1 aromatic carbocycles. The second kappa shape index (κ2) is 6.17. The summed E-state index contributed by atoms with van der Waals surface area (Å²) in [6.45, 7) is 0.283. The Morgan fingerprint density at radius 1 is 1.59 bits per heavy atom. The van der Waals surface area contributed by atoms with Crippen LogP contribution in [0.25, 0.3) is 0 Å². The van der Waals surface area contributed by atoms with Crippen LogP contribution in [0, 0.1) is 10.1 Å². The van der Waals surface area contributed by atoms with Gasteiger partial charge in [-0.05, 0) is 11.6 Å². The third-order valence-corrected chi connectivity index (χ3v) is 2.42. The zero-order chi connectivity index (χ0) is 12.8. The summed E-state index contributed by atoms with van der Waals surface area (Å²) in [5.41, 5.74) is 0.522. The van der Waals surface area contributed by atoms with Crippen molar-refractivity contribution in [2.45, 2.75) is 6.54 Å². The predicted molar refractivity (Wildman–Crippen MR) is 61.8 cm³/mol. The highest BCUT2D eigenvalue weighted by Crippen LogP contribution is 2.21. The summed E-state index contributed by atoms with van der Waals surface area (Å²) in [7, 11) is 1.28. The molecule has 0 bridgehead atoms. The molecule has 1 N–H and O–H groups in total. The number of nitro groups is 1. The maximum absolute atomic E-state index is 10.8. The minimum absolute atomic E-state index is 0.0233. The van der Waals surface area contributed by atoms with Crippen molar-refractivity contribution in [3.8, 4) is 0 Å². The number of ether oxygens (including phenoxy) is 1. The average molecular weight is 259 g/mol. The van der Waals surface area contributed by atoms with Crippen LogP contribution in [0.1, 0.15) is 5.56 Å². The Bertz CT molecular complexity index is 436. The minimum atomic E-state index is -0.500. The number of halogens is 1. The molecular weight excluding hydrogens is 248 g/mol. The number of nitrogens with zero attached hydrogens (tertiary/aromatic N) is 1. The number of esters is 1. The monoisotopic (exact) mass is 258 g/mol. The second-order valence-electron chi connectivity index (χ2n) is 3.21. The molecule has 0 aliphatic heterocycles. The molecule has 0 amide bonds. The number of carbonyl (C=O) groups is 1. The molecule has 0 heterocycles. The zero-order valence-corrected chi connectivity index (χ0v) is 9.86. The molecule has 1 rings (SSSR count). The summed E-state index contributed by atoms with van der Waals surface area (Å²) in [5, 5.41) is 13.7. The third kappa shape index (κ3) is 4.01. The van der Waals surface area contributed by atoms with Crippen molar-refractivity contribution in [1.29, 1.82) is 0 Å². The van der Waals surface area contributed by atoms with Gasteiger partial charge in [0.05, 0.1) is 18.6 Å². The Hall–Kier alpha value is -1.66. The topological polar surface area (TPSA) is 81.5 Å². The van der Waals surface area contributed by atoms with E-state index in [-0.39, 0.29) is 18.8 Å². The van der Waals surface area contributed by atoms with Gasteiger partial charge in [0.2, 0.25) is 0 Å². The molecule has 0 aromatic heterocycles. The van der Waals surface area contributed by atoms with Crippen molar-refractivity contribution in [1.82, 2.24) is 5.32 Å². The van der Waals surface area contributed by atoms with E-state index in [2.05, 4.69) is 10.1 Å². The normalized spacial score (nSPS) is 10.0. The first-order valence-corrected chi connectivity index (χ1v) is 5.12. The van der Waals surface area contributed by atoms with Gasteiger partial charge in [0.25, 0.3) is 5.69 Å². The number of non-ortho nitro benzene ring substituents is 1. The number of nitro benzene ring substituents is 1. The molecule has 0 radical (unpaired) electrons. The predicted octanol–water partition coefficient (Wildman–Crippen LogP) is 1.51. The Balaban J connectivity index is 2.66. The van der Waals surface area contributed by atoms with Crippen LogP contribution in [0.2, 0.25) is 5.02 Å². The highest BCUT2D eigenvalue weighted by molar-refractivity contribution is 6.31. The lowest BCUT2D eigenvalue weighted by atomic mass is 10.2. The molecule has 7 heteroatoms. The van der Waals surface area contributed by atoms with Crippen molar-refractivity contribution in [3.05, 3.63) is 38.9 Å². The van der Waals surface area contributed by atoms with Crippen LogP contribution in [-0.4, -0.2) is 24.5 Å². The number of methoxy groups -OCH3 is 1. The number of benzene rings is 1. The molecule has 92 valence electrons. The van der Waals surface area contributed by atoms with Crippen LogP contribution in [0.3, 0.4) is 0 Å². The van der Waals surface area contributed by atoms with E-state index < -0.39 is 10.9 Å². The van der Waals surface area contributed by atoms with Crippen LogP contribution >= 0.6 is 11.6 Å². The van der Waals surface area contributed by atoms with Gasteiger partial charge in [-0.1, -0.05) is 11.6 Å². The number of carbonyl (C=O) groups excluding carboxylic acids is 1. The zero-order valence-electron chi connectivity index (χ0n) is 9.10. The largest absolute Gasteiger partial charge is 0.468 e. The maximum Gasteiger partial charge on any atom is 0.319 e. The number of rotatable bonds is 5. The summed E-state index contributed by atoms with van der Waals surface area (Å²) in [6.07, 6.45) is 0. The summed E-state index contributed by atoms with van der Waals surface area (Å²) in [4.78, 5) is 20.9. The minimum Gasteiger partial charge on any atom is -0.468 e. The van der Waals surface area contributed by atoms with Crippen LogP contribution in [-0.2, 0) is 16.1 Å². The van der Waals surface area contributed by atoms with E-state index in [1.807, 2.05) is 0 Å². The Morgan fingerprint density at radius 3 is 2.88 bits per heavy atom. The van der Waals surface area contributed by atoms with Crippen molar-refractivity contribution >= 4 is 23.3 Å². The highest BCUT2D eigenvalue weighted by Gasteiger charge is 2.09. The van der Waals surface area contributed by atoms with Gasteiger partial charge in [-0.2, -0.15) is 0 Å². The lowest BCUT2D eigenvalue weighted by Gasteiger charge is -2.05. The quantitative estimate of drug-likeness (QED) is 0.492. The fraction of sp³-hybridized carbons (Fsp3) is 0.300. The molecule has 17 heavy (non-hydrogen) atoms. The van der Waals surface area contributed by atoms with Crippen LogP contribution in [0.4, 0.5) is 5.69 Å². The fourth-order valence-corrected chi connectivity index (χ4v) is 1.37. The third-order valence-electron chi connectivity index (χ3n) is 2.05. The molecule has 1 aromatic rings. The summed E-state index contributed by atoms with van der Waals surface area (Å²) in [5.74, 6) is -0.411. The van der Waals surface area contributed by atoms with Gasteiger partial charge < -0.3 is 10.1 Å². The van der Waals surface area contributed by atoms with Crippen LogP contribution < -0.4 is 5.32 Å². The van der Waals surface area contributed by atoms with Crippen molar-refractivity contribution in [2.24, 2.45) is 0 Å². The average Bonchev–Trinajstić information content (AvgIpc) is 2.30. The van der Waals surface area contributed by atoms with Gasteiger partial charge in [-0.25, -0.2) is 0 Å². The van der Waals surface area contributed by atoms with Gasteiger partial charge in [0.1, 0.15) is 0 Å². The van der Waals surface area contributed by atoms with Crippen LogP contribution in [0.15, 0.2) is 18.2 Å². The maximum atomic E-state index is 10.8. The fourth-order valence-electron chi connectivity index (χ4n) is 1.18. The standard InChI is InChI=1S/C10H11ClN2O4/c1-17-10(14)6-12-5-7-4-8(13(15)16)2-3-9(7)11/h2-4,12H,5-6H2,1H3. The van der Waals surface area contributed by atoms with Crippen molar-refractivity contribution in [2.75, 3.05) is 13.7 Å². The number of hydrogen-bond donors (Lipinski definition) is 1. The molecule has 6 nitrogen and oxygen atoms in total. The van der Waals surface area contributed by atoms with E-state index in [0.717, 1.165) is 0 Å². The van der Waals surface area contributed by atoms with E-state index >= 15 is 0 Å². The Kier molecular flexibility index (Phi) is 4.86. The summed E-state index contributed by atoms with van der Waals surface area (Å²) >= 11 is 5.87. The Labute approximate surface area is 103 Å². The SMILES string of the molecule is COC(=O)CNCc1cc([N+](=O)[O-])ccc1Cl. The molecule has 0 atom stereocenters. The highest BCUT2D eigenvalue weighted by atomic mass is 35.5. The van der Waals surface area contributed by atoms with Crippen molar-refractivity contribution < 1.29 is 14.5 Å². The first-order valence-electron chi connectivity index (χ1n) is 4.75. The van der Waals surface area contributed by atoms with Crippen LogP contribution in [0.5, 0.6) is 0 Å². The van der Waals surface area contributed by atoms with Gasteiger partial charge >= 0.3 is 5.97 Å². The summed E-state index contributed by atoms with van der Waals surface area (Å²) < 4.78 is 4.44. The summed E-state index contributed by atoms with van der Waals surface area (Å²) in [6, 6.07) is 4.15. The molecule has 0 unspecified atom stereocenters. The number of nitrogens with one attached hydrogen (secondary N) is 1. The molecule has 0 fully saturated rings. The van der Waals surface area contributed by atoms with E-state index in [4.69, 9.17) is 11.6 Å². The van der Waals surface area contributed by atoms with Gasteiger partial charge in [-0.3, -0.25) is 14.9 Å². The Morgan fingerprint density at radius 2 is 2.29 bits per heavy atom. The lowest BCUT2D eigenvalue weighted by Crippen LogP contribution is -2.23. The molecule has 0 aliphatic rings. The van der Waals surface area contributed by atoms with Gasteiger partial charge in [0.15, 0.2) is 0 Å². The first-order chi connectivity index (χ1) is 8.04. The van der Waals surface area contributed by atoms with Gasteiger partial charge in [-0.15, -0.1) is 0 Å². The van der Waals surface area contributed by atoms with E-state index in [0.29, 0.717) is 10.6 Å². The molecule has 0 aliphatic carbocycles.